The summed E-state index contributed by atoms with van der Waals surface area (Å²) in [6, 6.07) is 0. The Kier molecular flexibility index (Phi) is 1.19. The van der Waals surface area contributed by atoms with Gasteiger partial charge in [-0.2, -0.15) is 0 Å². The van der Waals surface area contributed by atoms with Crippen LogP contribution in [0.3, 0.4) is 0 Å². The Morgan fingerprint density at radius 1 is 1.31 bits per heavy atom. The van der Waals surface area contributed by atoms with E-state index in [-0.39, 0.29) is 0 Å². The Balaban J connectivity index is 2.11. The lowest BCUT2D eigenvalue weighted by Gasteiger charge is -2.37. The highest BCUT2D eigenvalue weighted by molar-refractivity contribution is 5.21. The lowest BCUT2D eigenvalue weighted by atomic mass is 9.70. The third-order valence-electron chi connectivity index (χ3n) is 5.34. The average Bonchev–Trinajstić information content (AvgIpc) is 2.63. The smallest absolute Gasteiger partial charge is 0.110 e. The van der Waals surface area contributed by atoms with Crippen LogP contribution in [-0.2, 0) is 4.74 Å². The molecule has 0 N–H and O–H groups in total. The van der Waals surface area contributed by atoms with Gasteiger partial charge in [0.05, 0.1) is 6.26 Å². The van der Waals surface area contributed by atoms with Crippen LogP contribution in [0.15, 0.2) is 12.3 Å². The summed E-state index contributed by atoms with van der Waals surface area (Å²) in [5.74, 6) is 1.58. The van der Waals surface area contributed by atoms with Crippen molar-refractivity contribution in [1.29, 1.82) is 0 Å². The fraction of sp³-hybridized carbons (Fsp3) is 0.833. The summed E-state index contributed by atoms with van der Waals surface area (Å²) >= 11 is 0. The molecule has 3 aliphatic rings. The number of hydrogen-bond donors (Lipinski definition) is 0. The zero-order valence-electron chi connectivity index (χ0n) is 8.71. The van der Waals surface area contributed by atoms with Crippen LogP contribution in [0.2, 0.25) is 0 Å². The predicted molar refractivity (Wildman–Crippen MR) is 52.1 cm³/mol. The molecule has 3 rings (SSSR count). The summed E-state index contributed by atoms with van der Waals surface area (Å²) in [6.45, 7) is 7.28. The van der Waals surface area contributed by atoms with Gasteiger partial charge in [0.1, 0.15) is 6.10 Å². The van der Waals surface area contributed by atoms with E-state index in [1.807, 2.05) is 6.26 Å². The highest BCUT2D eigenvalue weighted by Gasteiger charge is 2.67. The van der Waals surface area contributed by atoms with E-state index < -0.39 is 0 Å². The molecule has 0 spiro atoms. The van der Waals surface area contributed by atoms with Crippen molar-refractivity contribution in [2.45, 2.75) is 39.7 Å². The van der Waals surface area contributed by atoms with E-state index in [9.17, 15) is 0 Å². The second kappa shape index (κ2) is 1.97. The molecule has 0 amide bonds. The molecule has 0 unspecified atom stereocenters. The van der Waals surface area contributed by atoms with Gasteiger partial charge >= 0.3 is 0 Å². The van der Waals surface area contributed by atoms with Crippen molar-refractivity contribution in [3.8, 4) is 0 Å². The highest BCUT2D eigenvalue weighted by Crippen LogP contribution is 2.69. The van der Waals surface area contributed by atoms with E-state index >= 15 is 0 Å². The number of hydrogen-bond acceptors (Lipinski definition) is 1. The molecular formula is C12H18O. The van der Waals surface area contributed by atoms with Gasteiger partial charge < -0.3 is 4.74 Å². The minimum Gasteiger partial charge on any atom is -0.497 e. The maximum Gasteiger partial charge on any atom is 0.110 e. The molecule has 72 valence electrons. The van der Waals surface area contributed by atoms with Crippen LogP contribution in [0.4, 0.5) is 0 Å². The lowest BCUT2D eigenvalue weighted by molar-refractivity contribution is 0.00206. The largest absolute Gasteiger partial charge is 0.497 e. The van der Waals surface area contributed by atoms with Crippen LogP contribution < -0.4 is 0 Å². The minimum atomic E-state index is 0.422. The van der Waals surface area contributed by atoms with Gasteiger partial charge in [0.2, 0.25) is 0 Å². The summed E-state index contributed by atoms with van der Waals surface area (Å²) in [6.07, 6.45) is 7.47. The molecule has 1 heterocycles. The van der Waals surface area contributed by atoms with Gasteiger partial charge in [-0.3, -0.25) is 0 Å². The summed E-state index contributed by atoms with van der Waals surface area (Å²) < 4.78 is 5.77. The van der Waals surface area contributed by atoms with Crippen LogP contribution in [0.5, 0.6) is 0 Å². The summed E-state index contributed by atoms with van der Waals surface area (Å²) in [5.41, 5.74) is 0.902. The molecule has 0 aromatic rings. The van der Waals surface area contributed by atoms with Crippen molar-refractivity contribution in [2.24, 2.45) is 22.7 Å². The van der Waals surface area contributed by atoms with Gasteiger partial charge in [-0.25, -0.2) is 0 Å². The molecule has 0 aromatic heterocycles. The number of fused-ring (bicyclic) bond motifs is 5. The first-order chi connectivity index (χ1) is 6.07. The SMILES string of the molecule is CC1(C)[C@@H]2CC[C@@]1(C)[C@H]1OC=C[C@@H]21. The molecule has 2 fully saturated rings. The van der Waals surface area contributed by atoms with Crippen molar-refractivity contribution in [1.82, 2.24) is 0 Å². The molecule has 1 aliphatic heterocycles. The third kappa shape index (κ3) is 0.639. The molecule has 0 saturated heterocycles. The van der Waals surface area contributed by atoms with Crippen molar-refractivity contribution in [3.05, 3.63) is 12.3 Å². The molecule has 0 aromatic carbocycles. The van der Waals surface area contributed by atoms with Gasteiger partial charge in [0.25, 0.3) is 0 Å². The van der Waals surface area contributed by atoms with Crippen LogP contribution >= 0.6 is 0 Å². The van der Waals surface area contributed by atoms with Gasteiger partial charge in [0, 0.05) is 11.3 Å². The van der Waals surface area contributed by atoms with Crippen molar-refractivity contribution in [2.75, 3.05) is 0 Å². The zero-order valence-corrected chi connectivity index (χ0v) is 8.71. The average molecular weight is 178 g/mol. The zero-order chi connectivity index (χ0) is 9.27. The van der Waals surface area contributed by atoms with E-state index in [0.29, 0.717) is 22.9 Å². The van der Waals surface area contributed by atoms with Gasteiger partial charge in [-0.15, -0.1) is 0 Å². The Labute approximate surface area is 80.2 Å². The van der Waals surface area contributed by atoms with Gasteiger partial charge in [-0.05, 0) is 30.3 Å². The van der Waals surface area contributed by atoms with Crippen LogP contribution in [0, 0.1) is 22.7 Å². The fourth-order valence-electron chi connectivity index (χ4n) is 4.08. The molecule has 4 atom stereocenters. The topological polar surface area (TPSA) is 9.23 Å². The van der Waals surface area contributed by atoms with Crippen molar-refractivity contribution < 1.29 is 4.74 Å². The number of rotatable bonds is 0. The van der Waals surface area contributed by atoms with E-state index in [1.54, 1.807) is 0 Å². The minimum absolute atomic E-state index is 0.422. The summed E-state index contributed by atoms with van der Waals surface area (Å²) in [4.78, 5) is 0. The second-order valence-corrected chi connectivity index (χ2v) is 5.75. The maximum atomic E-state index is 5.77. The molecule has 13 heavy (non-hydrogen) atoms. The van der Waals surface area contributed by atoms with Crippen molar-refractivity contribution >= 4 is 0 Å². The Bertz CT molecular complexity index is 279. The normalized spacial score (nSPS) is 55.2. The van der Waals surface area contributed by atoms with Gasteiger partial charge in [0.15, 0.2) is 0 Å². The Morgan fingerprint density at radius 3 is 2.77 bits per heavy atom. The summed E-state index contributed by atoms with van der Waals surface area (Å²) in [5, 5.41) is 0. The van der Waals surface area contributed by atoms with Crippen LogP contribution in [0.25, 0.3) is 0 Å². The van der Waals surface area contributed by atoms with E-state index in [2.05, 4.69) is 26.8 Å². The fourth-order valence-corrected chi connectivity index (χ4v) is 4.08. The van der Waals surface area contributed by atoms with Crippen LogP contribution in [0.1, 0.15) is 33.6 Å². The summed E-state index contributed by atoms with van der Waals surface area (Å²) in [7, 11) is 0. The molecule has 0 radical (unpaired) electrons. The molecule has 1 nitrogen and oxygen atoms in total. The molecule has 2 aliphatic carbocycles. The molecule has 1 heteroatoms. The first-order valence-corrected chi connectivity index (χ1v) is 5.39. The van der Waals surface area contributed by atoms with E-state index in [1.165, 1.54) is 12.8 Å². The Hall–Kier alpha value is -0.460. The predicted octanol–water partition coefficient (Wildman–Crippen LogP) is 2.97. The van der Waals surface area contributed by atoms with E-state index in [0.717, 1.165) is 5.92 Å². The molecular weight excluding hydrogens is 160 g/mol. The van der Waals surface area contributed by atoms with Crippen LogP contribution in [-0.4, -0.2) is 6.10 Å². The standard InChI is InChI=1S/C12H18O/c1-11(2)9-4-6-12(11,3)10-8(9)5-7-13-10/h5,7-10H,4,6H2,1-3H3/t8-,9+,10-,12-/m0/s1. The van der Waals surface area contributed by atoms with Crippen molar-refractivity contribution in [3.63, 3.8) is 0 Å². The number of ether oxygens (including phenoxy) is 1. The lowest BCUT2D eigenvalue weighted by Crippen LogP contribution is -2.36. The van der Waals surface area contributed by atoms with Gasteiger partial charge in [-0.1, -0.05) is 20.8 Å². The second-order valence-electron chi connectivity index (χ2n) is 5.75. The Morgan fingerprint density at radius 2 is 2.08 bits per heavy atom. The monoisotopic (exact) mass is 178 g/mol. The quantitative estimate of drug-likeness (QED) is 0.554. The highest BCUT2D eigenvalue weighted by atomic mass is 16.5. The van der Waals surface area contributed by atoms with E-state index in [4.69, 9.17) is 4.74 Å². The first kappa shape index (κ1) is 7.90. The molecule has 2 saturated carbocycles. The first-order valence-electron chi connectivity index (χ1n) is 5.39. The maximum absolute atomic E-state index is 5.77. The molecule has 2 bridgehead atoms. The third-order valence-corrected chi connectivity index (χ3v) is 5.34.